The van der Waals surface area contributed by atoms with Crippen molar-refractivity contribution in [3.63, 3.8) is 0 Å². The van der Waals surface area contributed by atoms with Crippen molar-refractivity contribution in [2.45, 2.75) is 19.4 Å². The van der Waals surface area contributed by atoms with Crippen LogP contribution in [0, 0.1) is 0 Å². The third-order valence-corrected chi connectivity index (χ3v) is 6.40. The monoisotopic (exact) mass is 506 g/mol. The summed E-state index contributed by atoms with van der Waals surface area (Å²) >= 11 is 7.79. The molecule has 4 aromatic rings. The molecule has 0 aliphatic rings. The Morgan fingerprint density at radius 1 is 1.18 bits per heavy atom. The van der Waals surface area contributed by atoms with E-state index in [0.717, 1.165) is 23.2 Å². The van der Waals surface area contributed by atoms with Gasteiger partial charge in [-0.3, -0.25) is 9.69 Å². The van der Waals surface area contributed by atoms with E-state index in [1.54, 1.807) is 31.6 Å². The van der Waals surface area contributed by atoms with E-state index >= 15 is 0 Å². The number of imidazole rings is 1. The number of para-hydroxylation sites is 1. The van der Waals surface area contributed by atoms with Crippen molar-refractivity contribution in [3.05, 3.63) is 65.7 Å². The van der Waals surface area contributed by atoms with Crippen LogP contribution in [-0.4, -0.2) is 41.2 Å². The van der Waals surface area contributed by atoms with Crippen molar-refractivity contribution in [2.24, 2.45) is 0 Å². The minimum absolute atomic E-state index is 0. The second-order valence-electron chi connectivity index (χ2n) is 7.15. The van der Waals surface area contributed by atoms with E-state index in [0.29, 0.717) is 33.7 Å². The summed E-state index contributed by atoms with van der Waals surface area (Å²) in [4.78, 5) is 23.9. The molecule has 2 heterocycles. The maximum Gasteiger partial charge on any atom is 0.233 e. The van der Waals surface area contributed by atoms with Crippen LogP contribution in [0.4, 0.5) is 5.13 Å². The van der Waals surface area contributed by atoms with E-state index in [1.807, 2.05) is 47.2 Å². The van der Waals surface area contributed by atoms with Crippen LogP contribution in [0.25, 0.3) is 10.2 Å². The molecule has 0 N–H and O–H groups in total. The molecular weight excluding hydrogens is 483 g/mol. The lowest BCUT2D eigenvalue weighted by atomic mass is 10.1. The van der Waals surface area contributed by atoms with E-state index in [-0.39, 0.29) is 24.7 Å². The highest BCUT2D eigenvalue weighted by Crippen LogP contribution is 2.33. The molecule has 1 amide bonds. The largest absolute Gasteiger partial charge is 0.493 e. The first kappa shape index (κ1) is 24.8. The van der Waals surface area contributed by atoms with Crippen LogP contribution in [0.1, 0.15) is 12.0 Å². The highest BCUT2D eigenvalue weighted by Gasteiger charge is 2.21. The normalized spacial score (nSPS) is 10.6. The number of methoxy groups -OCH3 is 2. The van der Waals surface area contributed by atoms with E-state index in [1.165, 1.54) is 11.3 Å². The number of ether oxygens (including phenoxy) is 2. The Bertz CT molecular complexity index is 1210. The second kappa shape index (κ2) is 11.4. The highest BCUT2D eigenvalue weighted by atomic mass is 35.5. The van der Waals surface area contributed by atoms with Crippen molar-refractivity contribution in [2.75, 3.05) is 25.7 Å². The van der Waals surface area contributed by atoms with Crippen LogP contribution in [0.2, 0.25) is 5.02 Å². The SMILES string of the molecule is COc1ccc(CC(=O)N(CCCn2ccnc2)c2nc3c(Cl)cccc3s2)cc1OC.Cl. The first-order valence-electron chi connectivity index (χ1n) is 10.1. The smallest absolute Gasteiger partial charge is 0.233 e. The zero-order valence-corrected chi connectivity index (χ0v) is 20.6. The van der Waals surface area contributed by atoms with Gasteiger partial charge in [-0.25, -0.2) is 9.97 Å². The van der Waals surface area contributed by atoms with Gasteiger partial charge in [0.25, 0.3) is 0 Å². The molecule has 4 rings (SSSR count). The average molecular weight is 507 g/mol. The zero-order chi connectivity index (χ0) is 22.5. The Kier molecular flexibility index (Phi) is 8.55. The number of hydrogen-bond donors (Lipinski definition) is 0. The molecule has 0 unspecified atom stereocenters. The van der Waals surface area contributed by atoms with Crippen molar-refractivity contribution < 1.29 is 14.3 Å². The quantitative estimate of drug-likeness (QED) is 0.310. The number of aryl methyl sites for hydroxylation is 1. The Morgan fingerprint density at radius 3 is 2.70 bits per heavy atom. The van der Waals surface area contributed by atoms with Crippen molar-refractivity contribution in [3.8, 4) is 11.5 Å². The minimum atomic E-state index is -0.0435. The molecular formula is C23H24Cl2N4O3S. The number of halogens is 2. The lowest BCUT2D eigenvalue weighted by molar-refractivity contribution is -0.118. The van der Waals surface area contributed by atoms with Gasteiger partial charge in [0, 0.05) is 25.5 Å². The third kappa shape index (κ3) is 5.76. The van der Waals surface area contributed by atoms with Crippen LogP contribution < -0.4 is 14.4 Å². The number of hydrogen-bond acceptors (Lipinski definition) is 6. The van der Waals surface area contributed by atoms with E-state index in [4.69, 9.17) is 21.1 Å². The summed E-state index contributed by atoms with van der Waals surface area (Å²) in [6.07, 6.45) is 6.41. The molecule has 2 aromatic carbocycles. The molecule has 0 bridgehead atoms. The first-order chi connectivity index (χ1) is 15.6. The fourth-order valence-electron chi connectivity index (χ4n) is 3.44. The highest BCUT2D eigenvalue weighted by molar-refractivity contribution is 7.22. The number of nitrogens with zero attached hydrogens (tertiary/aromatic N) is 4. The van der Waals surface area contributed by atoms with Gasteiger partial charge >= 0.3 is 0 Å². The lowest BCUT2D eigenvalue weighted by Crippen LogP contribution is -2.33. The molecule has 0 aliphatic heterocycles. The van der Waals surface area contributed by atoms with Crippen LogP contribution in [0.5, 0.6) is 11.5 Å². The fourth-order valence-corrected chi connectivity index (χ4v) is 4.75. The number of rotatable bonds is 9. The van der Waals surface area contributed by atoms with Gasteiger partial charge in [-0.2, -0.15) is 0 Å². The van der Waals surface area contributed by atoms with Gasteiger partial charge in [-0.1, -0.05) is 35.1 Å². The fraction of sp³-hybridized carbons (Fsp3) is 0.261. The zero-order valence-electron chi connectivity index (χ0n) is 18.2. The van der Waals surface area contributed by atoms with Gasteiger partial charge in [-0.05, 0) is 36.2 Å². The van der Waals surface area contributed by atoms with E-state index in [2.05, 4.69) is 9.97 Å². The maximum atomic E-state index is 13.4. The number of aromatic nitrogens is 3. The van der Waals surface area contributed by atoms with Gasteiger partial charge in [0.05, 0.1) is 36.7 Å². The summed E-state index contributed by atoms with van der Waals surface area (Å²) in [5.41, 5.74) is 1.55. The molecule has 0 saturated carbocycles. The minimum Gasteiger partial charge on any atom is -0.493 e. The number of amides is 1. The number of anilines is 1. The van der Waals surface area contributed by atoms with E-state index in [9.17, 15) is 4.79 Å². The molecule has 0 fully saturated rings. The van der Waals surface area contributed by atoms with Gasteiger partial charge in [-0.15, -0.1) is 12.4 Å². The van der Waals surface area contributed by atoms with Gasteiger partial charge in [0.2, 0.25) is 5.91 Å². The molecule has 174 valence electrons. The number of carbonyl (C=O) groups excluding carboxylic acids is 1. The van der Waals surface area contributed by atoms with E-state index < -0.39 is 0 Å². The third-order valence-electron chi connectivity index (χ3n) is 5.05. The molecule has 0 radical (unpaired) electrons. The standard InChI is InChI=1S/C23H23ClN4O3S.ClH/c1-30-18-8-7-16(13-19(18)31-2)14-21(29)28(11-4-10-27-12-9-25-15-27)23-26-22-17(24)5-3-6-20(22)32-23;/h3,5-9,12-13,15H,4,10-11,14H2,1-2H3;1H. The van der Waals surface area contributed by atoms with Crippen molar-refractivity contribution in [1.29, 1.82) is 0 Å². The summed E-state index contributed by atoms with van der Waals surface area (Å²) < 4.78 is 13.6. The molecule has 0 saturated heterocycles. The van der Waals surface area contributed by atoms with Crippen molar-refractivity contribution in [1.82, 2.24) is 14.5 Å². The summed E-state index contributed by atoms with van der Waals surface area (Å²) in [6, 6.07) is 11.2. The molecule has 0 spiro atoms. The Morgan fingerprint density at radius 2 is 2.00 bits per heavy atom. The van der Waals surface area contributed by atoms with Crippen LogP contribution >= 0.6 is 35.3 Å². The van der Waals surface area contributed by atoms with Gasteiger partial charge in [0.15, 0.2) is 16.6 Å². The Hall–Kier alpha value is -2.81. The Balaban J connectivity index is 0.00000306. The number of carbonyl (C=O) groups is 1. The summed E-state index contributed by atoms with van der Waals surface area (Å²) in [5, 5.41) is 1.22. The summed E-state index contributed by atoms with van der Waals surface area (Å²) in [6.45, 7) is 1.29. The molecule has 33 heavy (non-hydrogen) atoms. The molecule has 10 heteroatoms. The molecule has 7 nitrogen and oxygen atoms in total. The average Bonchev–Trinajstić information content (AvgIpc) is 3.47. The van der Waals surface area contributed by atoms with Gasteiger partial charge < -0.3 is 14.0 Å². The first-order valence-corrected chi connectivity index (χ1v) is 11.3. The lowest BCUT2D eigenvalue weighted by Gasteiger charge is -2.20. The maximum absolute atomic E-state index is 13.4. The molecule has 0 atom stereocenters. The number of fused-ring (bicyclic) bond motifs is 1. The number of thiazole rings is 1. The van der Waals surface area contributed by atoms with Crippen LogP contribution in [0.3, 0.4) is 0 Å². The van der Waals surface area contributed by atoms with Crippen LogP contribution in [-0.2, 0) is 17.8 Å². The molecule has 2 aromatic heterocycles. The number of benzene rings is 2. The van der Waals surface area contributed by atoms with Crippen molar-refractivity contribution >= 4 is 56.6 Å². The predicted molar refractivity (Wildman–Crippen MR) is 134 cm³/mol. The Labute approximate surface area is 207 Å². The van der Waals surface area contributed by atoms with Crippen LogP contribution in [0.15, 0.2) is 55.1 Å². The topological polar surface area (TPSA) is 69.5 Å². The summed E-state index contributed by atoms with van der Waals surface area (Å²) in [7, 11) is 3.17. The second-order valence-corrected chi connectivity index (χ2v) is 8.56. The predicted octanol–water partition coefficient (Wildman–Crippen LogP) is 5.25. The molecule has 0 aliphatic carbocycles. The summed E-state index contributed by atoms with van der Waals surface area (Å²) in [5.74, 6) is 1.18. The van der Waals surface area contributed by atoms with Gasteiger partial charge in [0.1, 0.15) is 5.52 Å².